The van der Waals surface area contributed by atoms with Crippen molar-refractivity contribution in [2.45, 2.75) is 28.3 Å². The van der Waals surface area contributed by atoms with Crippen molar-refractivity contribution >= 4 is 26.7 Å². The Bertz CT molecular complexity index is 918. The molecule has 0 amide bonds. The molecule has 24 heavy (non-hydrogen) atoms. The number of hydrogen-bond donors (Lipinski definition) is 1. The first-order chi connectivity index (χ1) is 11.3. The molecule has 2 aromatic carbocycles. The Morgan fingerprint density at radius 2 is 1.71 bits per heavy atom. The fraction of sp³-hybridized carbons (Fsp3) is 0.188. The molecular formula is C16H14O6S2. The van der Waals surface area contributed by atoms with Gasteiger partial charge in [0.2, 0.25) is 11.2 Å². The first kappa shape index (κ1) is 17.0. The van der Waals surface area contributed by atoms with Crippen LogP contribution in [0.3, 0.4) is 0 Å². The third kappa shape index (κ3) is 2.93. The quantitative estimate of drug-likeness (QED) is 0.826. The van der Waals surface area contributed by atoms with Crippen LogP contribution in [-0.2, 0) is 29.9 Å². The average molecular weight is 366 g/mol. The molecule has 0 saturated heterocycles. The summed E-state index contributed by atoms with van der Waals surface area (Å²) in [6.07, 6.45) is -1.57. The molecule has 0 aromatic heterocycles. The number of Topliss-reactive ketones (excluding diaryl/α,β-unsaturated/α-hetero) is 1. The highest BCUT2D eigenvalue weighted by molar-refractivity contribution is 7.89. The lowest BCUT2D eigenvalue weighted by atomic mass is 10.1. The van der Waals surface area contributed by atoms with Gasteiger partial charge in [-0.3, -0.25) is 9.00 Å². The zero-order valence-corrected chi connectivity index (χ0v) is 14.2. The van der Waals surface area contributed by atoms with E-state index in [4.69, 9.17) is 4.18 Å². The van der Waals surface area contributed by atoms with Gasteiger partial charge >= 0.3 is 0 Å². The summed E-state index contributed by atoms with van der Waals surface area (Å²) in [5.41, 5.74) is -0.717. The van der Waals surface area contributed by atoms with Gasteiger partial charge in [-0.1, -0.05) is 35.9 Å². The maximum absolute atomic E-state index is 12.5. The van der Waals surface area contributed by atoms with Crippen molar-refractivity contribution in [2.75, 3.05) is 0 Å². The molecule has 126 valence electrons. The van der Waals surface area contributed by atoms with E-state index < -0.39 is 38.2 Å². The molecule has 1 aliphatic rings. The molecule has 1 N–H and O–H groups in total. The third-order valence-corrected chi connectivity index (χ3v) is 6.59. The second-order valence-electron chi connectivity index (χ2n) is 5.34. The number of ketones is 1. The minimum atomic E-state index is -4.29. The number of fused-ring (bicyclic) bond motifs is 1. The van der Waals surface area contributed by atoms with Crippen LogP contribution in [0.1, 0.15) is 17.2 Å². The molecule has 8 heteroatoms. The number of carbonyl (C=O) groups excluding carboxylic acids is 1. The first-order valence-corrected chi connectivity index (χ1v) is 9.64. The van der Waals surface area contributed by atoms with E-state index in [1.54, 1.807) is 31.2 Å². The van der Waals surface area contributed by atoms with Crippen LogP contribution in [0.4, 0.5) is 0 Å². The second kappa shape index (κ2) is 6.21. The molecule has 0 radical (unpaired) electrons. The highest BCUT2D eigenvalue weighted by Gasteiger charge is 2.43. The van der Waals surface area contributed by atoms with E-state index in [1.165, 1.54) is 24.3 Å². The number of rotatable bonds is 3. The molecule has 2 aromatic rings. The highest BCUT2D eigenvalue weighted by atomic mass is 32.2. The lowest BCUT2D eigenvalue weighted by molar-refractivity contribution is -0.131. The van der Waals surface area contributed by atoms with Crippen LogP contribution >= 0.6 is 0 Å². The van der Waals surface area contributed by atoms with Gasteiger partial charge in [-0.25, -0.2) is 4.18 Å². The summed E-state index contributed by atoms with van der Waals surface area (Å²) in [4.78, 5) is 12.3. The van der Waals surface area contributed by atoms with Gasteiger partial charge in [0.25, 0.3) is 10.1 Å². The van der Waals surface area contributed by atoms with Crippen molar-refractivity contribution in [3.63, 3.8) is 0 Å². The standard InChI is InChI=1S/C16H14O6S2/c1-10-6-8-11(9-7-10)24(20,21)22-16-15(18)14(17)12-4-2-3-5-13(12)23(16)19/h2-9,14,16-17H,1H3. The summed E-state index contributed by atoms with van der Waals surface area (Å²) in [7, 11) is -6.33. The number of aliphatic hydroxyl groups excluding tert-OH is 1. The van der Waals surface area contributed by atoms with Crippen LogP contribution in [0.2, 0.25) is 0 Å². The number of aryl methyl sites for hydroxylation is 1. The maximum Gasteiger partial charge on any atom is 0.298 e. The number of carbonyl (C=O) groups is 1. The predicted molar refractivity (Wildman–Crippen MR) is 86.1 cm³/mol. The average Bonchev–Trinajstić information content (AvgIpc) is 2.57. The minimum absolute atomic E-state index is 0.147. The number of hydrogen-bond acceptors (Lipinski definition) is 6. The fourth-order valence-electron chi connectivity index (χ4n) is 2.35. The van der Waals surface area contributed by atoms with Crippen molar-refractivity contribution in [1.29, 1.82) is 0 Å². The number of aliphatic hydroxyl groups is 1. The van der Waals surface area contributed by atoms with Crippen molar-refractivity contribution in [3.8, 4) is 0 Å². The molecule has 0 saturated carbocycles. The monoisotopic (exact) mass is 366 g/mol. The van der Waals surface area contributed by atoms with Crippen LogP contribution in [0.15, 0.2) is 58.3 Å². The topological polar surface area (TPSA) is 97.7 Å². The van der Waals surface area contributed by atoms with Crippen molar-refractivity contribution < 1.29 is 26.7 Å². The molecular weight excluding hydrogens is 352 g/mol. The van der Waals surface area contributed by atoms with Gasteiger partial charge in [-0.15, -0.1) is 0 Å². The molecule has 6 nitrogen and oxygen atoms in total. The van der Waals surface area contributed by atoms with Crippen LogP contribution in [0.5, 0.6) is 0 Å². The van der Waals surface area contributed by atoms with E-state index in [9.17, 15) is 22.5 Å². The minimum Gasteiger partial charge on any atom is -0.380 e. The van der Waals surface area contributed by atoms with Gasteiger partial charge in [0.15, 0.2) is 0 Å². The molecule has 1 heterocycles. The van der Waals surface area contributed by atoms with Gasteiger partial charge in [0.1, 0.15) is 6.10 Å². The Kier molecular flexibility index (Phi) is 4.39. The SMILES string of the molecule is Cc1ccc(S(=O)(=O)OC2C(=O)C(O)c3ccccc3S2=O)cc1. The lowest BCUT2D eigenvalue weighted by Gasteiger charge is -2.26. The highest BCUT2D eigenvalue weighted by Crippen LogP contribution is 2.33. The van der Waals surface area contributed by atoms with E-state index in [1.807, 2.05) is 0 Å². The van der Waals surface area contributed by atoms with Gasteiger partial charge in [-0.2, -0.15) is 8.42 Å². The van der Waals surface area contributed by atoms with E-state index in [0.29, 0.717) is 0 Å². The molecule has 3 rings (SSSR count). The largest absolute Gasteiger partial charge is 0.380 e. The smallest absolute Gasteiger partial charge is 0.298 e. The van der Waals surface area contributed by atoms with Crippen LogP contribution in [0, 0.1) is 6.92 Å². The molecule has 0 bridgehead atoms. The summed E-state index contributed by atoms with van der Waals surface area (Å²) in [6.45, 7) is 1.80. The summed E-state index contributed by atoms with van der Waals surface area (Å²) in [6, 6.07) is 12.0. The Morgan fingerprint density at radius 3 is 2.38 bits per heavy atom. The molecule has 0 aliphatic carbocycles. The van der Waals surface area contributed by atoms with Crippen molar-refractivity contribution in [1.82, 2.24) is 0 Å². The number of benzene rings is 2. The van der Waals surface area contributed by atoms with Gasteiger partial charge < -0.3 is 5.11 Å². The Morgan fingerprint density at radius 1 is 1.08 bits per heavy atom. The van der Waals surface area contributed by atoms with Crippen molar-refractivity contribution in [2.24, 2.45) is 0 Å². The normalized spacial score (nSPS) is 23.8. The fourth-order valence-corrected chi connectivity index (χ4v) is 5.05. The van der Waals surface area contributed by atoms with Crippen LogP contribution in [-0.4, -0.2) is 29.0 Å². The molecule has 0 spiro atoms. The third-order valence-electron chi connectivity index (χ3n) is 3.65. The molecule has 3 atom stereocenters. The molecule has 1 aliphatic heterocycles. The van der Waals surface area contributed by atoms with Gasteiger partial charge in [0.05, 0.1) is 15.7 Å². The second-order valence-corrected chi connectivity index (χ2v) is 8.37. The zero-order chi connectivity index (χ0) is 17.5. The summed E-state index contributed by atoms with van der Waals surface area (Å²) in [5, 5.41) is 10.1. The van der Waals surface area contributed by atoms with Gasteiger partial charge in [0, 0.05) is 10.5 Å². The Balaban J connectivity index is 1.97. The lowest BCUT2D eigenvalue weighted by Crippen LogP contribution is -2.39. The summed E-state index contributed by atoms with van der Waals surface area (Å²) in [5.74, 6) is -0.942. The Labute approximate surface area is 141 Å². The van der Waals surface area contributed by atoms with Crippen LogP contribution < -0.4 is 0 Å². The molecule has 0 fully saturated rings. The predicted octanol–water partition coefficient (Wildman–Crippen LogP) is 1.45. The van der Waals surface area contributed by atoms with E-state index in [0.717, 1.165) is 5.56 Å². The summed E-state index contributed by atoms with van der Waals surface area (Å²) < 4.78 is 42.1. The van der Waals surface area contributed by atoms with Crippen molar-refractivity contribution in [3.05, 3.63) is 59.7 Å². The van der Waals surface area contributed by atoms with E-state index in [-0.39, 0.29) is 15.4 Å². The van der Waals surface area contributed by atoms with Crippen LogP contribution in [0.25, 0.3) is 0 Å². The van der Waals surface area contributed by atoms with E-state index >= 15 is 0 Å². The summed E-state index contributed by atoms with van der Waals surface area (Å²) >= 11 is 0. The maximum atomic E-state index is 12.5. The zero-order valence-electron chi connectivity index (χ0n) is 12.6. The first-order valence-electron chi connectivity index (χ1n) is 7.02. The van der Waals surface area contributed by atoms with Gasteiger partial charge in [-0.05, 0) is 25.1 Å². The Hall–Kier alpha value is -1.87. The van der Waals surface area contributed by atoms with E-state index in [2.05, 4.69) is 0 Å². The molecule has 3 unspecified atom stereocenters.